The van der Waals surface area contributed by atoms with Crippen molar-refractivity contribution in [3.63, 3.8) is 0 Å². The smallest absolute Gasteiger partial charge is 0.422 e. The van der Waals surface area contributed by atoms with Gasteiger partial charge in [0.2, 0.25) is 5.79 Å². The zero-order valence-corrected chi connectivity index (χ0v) is 31.8. The Hall–Kier alpha value is -4.26. The molecule has 7 nitrogen and oxygen atoms in total. The van der Waals surface area contributed by atoms with Crippen molar-refractivity contribution < 1.29 is 46.7 Å². The van der Waals surface area contributed by atoms with Gasteiger partial charge in [-0.1, -0.05) is 121 Å². The van der Waals surface area contributed by atoms with Gasteiger partial charge in [0.05, 0.1) is 32.0 Å². The van der Waals surface area contributed by atoms with Crippen molar-refractivity contribution >= 4 is 11.6 Å². The van der Waals surface area contributed by atoms with Crippen LogP contribution in [0.15, 0.2) is 133 Å². The standard InChI is InChI=1S/C45H44ClF3O7/c1-42(2,50)43-29-55-45(56-43,36-20-23-38(46)35(25-36)24-31-18-21-37(22-19-31)54-30-44(47,48)49)41(53-28-34-16-10-5-11-17-34)39(51-26-32-12-6-3-7-13-32)40(43)52-27-33-14-8-4-9-15-33/h3-23,25,39-41,50H,24,26-30H2,1-2H3/t39-,40+,41+,43+,45-/m0/s1. The van der Waals surface area contributed by atoms with Gasteiger partial charge in [0.25, 0.3) is 0 Å². The first kappa shape index (κ1) is 40.0. The summed E-state index contributed by atoms with van der Waals surface area (Å²) in [5.74, 6) is -1.50. The molecule has 5 aromatic carbocycles. The van der Waals surface area contributed by atoms with Crippen LogP contribution in [-0.2, 0) is 55.7 Å². The van der Waals surface area contributed by atoms with Crippen LogP contribution >= 0.6 is 11.6 Å². The Morgan fingerprint density at radius 2 is 1.23 bits per heavy atom. The summed E-state index contributed by atoms with van der Waals surface area (Å²) in [7, 11) is 0. The van der Waals surface area contributed by atoms with Gasteiger partial charge in [0, 0.05) is 10.6 Å². The second-order valence-corrected chi connectivity index (χ2v) is 15.1. The molecule has 2 aliphatic heterocycles. The molecule has 7 rings (SSSR count). The number of fused-ring (bicyclic) bond motifs is 2. The molecular weight excluding hydrogens is 745 g/mol. The van der Waals surface area contributed by atoms with Gasteiger partial charge >= 0.3 is 6.18 Å². The van der Waals surface area contributed by atoms with Crippen molar-refractivity contribution in [1.29, 1.82) is 0 Å². The fourth-order valence-electron chi connectivity index (χ4n) is 7.33. The van der Waals surface area contributed by atoms with Crippen molar-refractivity contribution in [2.75, 3.05) is 13.2 Å². The maximum atomic E-state index is 12.7. The minimum absolute atomic E-state index is 0.0519. The molecule has 0 unspecified atom stereocenters. The second-order valence-electron chi connectivity index (χ2n) is 14.7. The van der Waals surface area contributed by atoms with Gasteiger partial charge in [0.15, 0.2) is 12.2 Å². The van der Waals surface area contributed by atoms with E-state index < -0.39 is 48.1 Å². The van der Waals surface area contributed by atoms with E-state index >= 15 is 0 Å². The molecule has 2 saturated heterocycles. The average molecular weight is 789 g/mol. The van der Waals surface area contributed by atoms with Crippen molar-refractivity contribution in [2.45, 2.75) is 81.6 Å². The molecule has 5 atom stereocenters. The predicted octanol–water partition coefficient (Wildman–Crippen LogP) is 9.35. The summed E-state index contributed by atoms with van der Waals surface area (Å²) >= 11 is 6.81. The van der Waals surface area contributed by atoms with Crippen LogP contribution in [-0.4, -0.2) is 54.0 Å². The normalized spacial score (nSPS) is 23.6. The van der Waals surface area contributed by atoms with Crippen LogP contribution in [0.4, 0.5) is 13.2 Å². The van der Waals surface area contributed by atoms with Crippen LogP contribution in [0, 0.1) is 0 Å². The SMILES string of the molecule is CC(C)(O)[C@]12CO[C@@](c3ccc(Cl)c(Cc4ccc(OCC(F)(F)F)cc4)c3)(O1)[C@H](OCc1ccccc1)[C@@H](OCc1ccccc1)[C@H]2OCc1ccccc1. The maximum absolute atomic E-state index is 12.7. The zero-order chi connectivity index (χ0) is 39.4. The number of halogens is 4. The lowest BCUT2D eigenvalue weighted by Crippen LogP contribution is -2.72. The summed E-state index contributed by atoms with van der Waals surface area (Å²) in [5, 5.41) is 12.5. The van der Waals surface area contributed by atoms with Gasteiger partial charge in [-0.25, -0.2) is 0 Å². The van der Waals surface area contributed by atoms with Gasteiger partial charge in [-0.05, 0) is 72.4 Å². The lowest BCUT2D eigenvalue weighted by atomic mass is 9.74. The number of ether oxygens (including phenoxy) is 6. The van der Waals surface area contributed by atoms with Crippen LogP contribution in [0.25, 0.3) is 0 Å². The molecule has 0 radical (unpaired) electrons. The highest BCUT2D eigenvalue weighted by Gasteiger charge is 2.73. The van der Waals surface area contributed by atoms with Crippen LogP contribution < -0.4 is 4.74 Å². The summed E-state index contributed by atoms with van der Waals surface area (Å²) in [5.41, 5.74) is 1.94. The summed E-state index contributed by atoms with van der Waals surface area (Å²) in [4.78, 5) is 0. The van der Waals surface area contributed by atoms with E-state index in [1.807, 2.05) is 103 Å². The Labute approximate surface area is 329 Å². The summed E-state index contributed by atoms with van der Waals surface area (Å²) < 4.78 is 77.7. The minimum atomic E-state index is -4.44. The van der Waals surface area contributed by atoms with E-state index in [0.29, 0.717) is 22.6 Å². The molecule has 0 spiro atoms. The Morgan fingerprint density at radius 1 is 0.696 bits per heavy atom. The lowest BCUT2D eigenvalue weighted by molar-refractivity contribution is -0.369. The van der Waals surface area contributed by atoms with E-state index in [0.717, 1.165) is 22.3 Å². The fourth-order valence-corrected chi connectivity index (χ4v) is 7.52. The molecule has 2 fully saturated rings. The first-order chi connectivity index (χ1) is 26.9. The highest BCUT2D eigenvalue weighted by molar-refractivity contribution is 6.31. The number of alkyl halides is 3. The molecule has 0 amide bonds. The molecule has 2 bridgehead atoms. The second kappa shape index (κ2) is 16.7. The van der Waals surface area contributed by atoms with Crippen LogP contribution in [0.3, 0.4) is 0 Å². The average Bonchev–Trinajstić information content (AvgIpc) is 3.56. The fraction of sp³-hybridized carbons (Fsp3) is 0.333. The van der Waals surface area contributed by atoms with Gasteiger partial charge in [-0.3, -0.25) is 0 Å². The number of hydrogen-bond acceptors (Lipinski definition) is 7. The van der Waals surface area contributed by atoms with Crippen molar-refractivity contribution in [3.05, 3.63) is 172 Å². The zero-order valence-electron chi connectivity index (χ0n) is 31.1. The summed E-state index contributed by atoms with van der Waals surface area (Å²) in [6.45, 7) is 2.55. The molecule has 0 aliphatic carbocycles. The summed E-state index contributed by atoms with van der Waals surface area (Å²) in [6.07, 6.45) is -6.73. The molecular formula is C45H44ClF3O7. The van der Waals surface area contributed by atoms with Gasteiger partial charge in [0.1, 0.15) is 24.1 Å². The molecule has 2 heterocycles. The maximum Gasteiger partial charge on any atom is 0.422 e. The molecule has 11 heteroatoms. The molecule has 294 valence electrons. The monoisotopic (exact) mass is 788 g/mol. The van der Waals surface area contributed by atoms with Crippen LogP contribution in [0.1, 0.15) is 47.2 Å². The minimum Gasteiger partial charge on any atom is -0.484 e. The topological polar surface area (TPSA) is 75.6 Å². The van der Waals surface area contributed by atoms with Gasteiger partial charge in [-0.15, -0.1) is 0 Å². The van der Waals surface area contributed by atoms with Gasteiger partial charge in [-0.2, -0.15) is 13.2 Å². The quantitative estimate of drug-likeness (QED) is 0.113. The van der Waals surface area contributed by atoms with Crippen molar-refractivity contribution in [2.24, 2.45) is 0 Å². The predicted molar refractivity (Wildman–Crippen MR) is 205 cm³/mol. The molecule has 0 saturated carbocycles. The third-order valence-electron chi connectivity index (χ3n) is 10.3. The third-order valence-corrected chi connectivity index (χ3v) is 10.7. The Kier molecular flexibility index (Phi) is 11.9. The Morgan fingerprint density at radius 3 is 1.77 bits per heavy atom. The molecule has 5 aromatic rings. The van der Waals surface area contributed by atoms with Crippen molar-refractivity contribution in [3.8, 4) is 5.75 Å². The number of benzene rings is 5. The van der Waals surface area contributed by atoms with Crippen LogP contribution in [0.5, 0.6) is 5.75 Å². The van der Waals surface area contributed by atoms with Crippen LogP contribution in [0.2, 0.25) is 5.02 Å². The lowest BCUT2D eigenvalue weighted by Gasteiger charge is -2.54. The number of rotatable bonds is 15. The van der Waals surface area contributed by atoms with Gasteiger partial charge < -0.3 is 33.5 Å². The van der Waals surface area contributed by atoms with Crippen molar-refractivity contribution in [1.82, 2.24) is 0 Å². The van der Waals surface area contributed by atoms with E-state index in [9.17, 15) is 18.3 Å². The van der Waals surface area contributed by atoms with E-state index in [2.05, 4.69) is 0 Å². The highest BCUT2D eigenvalue weighted by Crippen LogP contribution is 2.56. The first-order valence-corrected chi connectivity index (χ1v) is 18.8. The number of hydrogen-bond donors (Lipinski definition) is 1. The third kappa shape index (κ3) is 8.82. The largest absolute Gasteiger partial charge is 0.484 e. The van der Waals surface area contributed by atoms with E-state index in [-0.39, 0.29) is 32.2 Å². The van der Waals surface area contributed by atoms with E-state index in [4.69, 9.17) is 40.0 Å². The Bertz CT molecular complexity index is 2030. The van der Waals surface area contributed by atoms with E-state index in [1.54, 1.807) is 32.0 Å². The molecule has 0 aromatic heterocycles. The summed E-state index contributed by atoms with van der Waals surface area (Å²) in [6, 6.07) is 41.1. The molecule has 56 heavy (non-hydrogen) atoms. The Balaban J connectivity index is 1.29. The highest BCUT2D eigenvalue weighted by atomic mass is 35.5. The molecule has 1 N–H and O–H groups in total. The number of aliphatic hydroxyl groups is 1. The molecule has 2 aliphatic rings. The first-order valence-electron chi connectivity index (χ1n) is 18.5. The van der Waals surface area contributed by atoms with E-state index in [1.165, 1.54) is 12.1 Å².